The Balaban J connectivity index is 0.000000112. The third-order valence-electron chi connectivity index (χ3n) is 0.809. The molecule has 0 aliphatic heterocycles. The second kappa shape index (κ2) is 5.04. The monoisotopic (exact) mass is 149 g/mol. The van der Waals surface area contributed by atoms with E-state index in [1.165, 1.54) is 12.7 Å². The molecule has 0 spiro atoms. The smallest absolute Gasteiger partial charge is 0.137 e. The average Bonchev–Trinajstić information content (AvgIpc) is 2.64. The molecule has 2 heterocycles. The summed E-state index contributed by atoms with van der Waals surface area (Å²) in [6.07, 6.45) is 9.51. The Kier molecular flexibility index (Phi) is 3.36. The first-order valence-electron chi connectivity index (χ1n) is 2.99. The topological polar surface area (TPSA) is 67.3 Å². The molecule has 0 bridgehead atoms. The van der Waals surface area contributed by atoms with Gasteiger partial charge in [-0.2, -0.15) is 5.10 Å². The van der Waals surface area contributed by atoms with Crippen LogP contribution >= 0.6 is 0 Å². The number of aromatic amines is 1. The lowest BCUT2D eigenvalue weighted by atomic mass is 10.8. The van der Waals surface area contributed by atoms with Crippen molar-refractivity contribution in [3.63, 3.8) is 0 Å². The van der Waals surface area contributed by atoms with Gasteiger partial charge in [-0.3, -0.25) is 15.1 Å². The van der Waals surface area contributed by atoms with Gasteiger partial charge in [0.05, 0.1) is 0 Å². The van der Waals surface area contributed by atoms with Gasteiger partial charge in [0, 0.05) is 24.8 Å². The van der Waals surface area contributed by atoms with Crippen LogP contribution in [-0.4, -0.2) is 25.1 Å². The Labute approximate surface area is 63.6 Å². The summed E-state index contributed by atoms with van der Waals surface area (Å²) < 4.78 is 0. The average molecular weight is 149 g/mol. The van der Waals surface area contributed by atoms with Gasteiger partial charge in [-0.1, -0.05) is 0 Å². The summed E-state index contributed by atoms with van der Waals surface area (Å²) in [5, 5.41) is 5.99. The van der Waals surface area contributed by atoms with E-state index in [1.54, 1.807) is 24.8 Å². The lowest BCUT2D eigenvalue weighted by Gasteiger charge is -1.70. The summed E-state index contributed by atoms with van der Waals surface area (Å²) in [6.45, 7) is 0. The Bertz CT molecular complexity index is 197. The Morgan fingerprint density at radius 2 is 1.45 bits per heavy atom. The van der Waals surface area contributed by atoms with Gasteiger partial charge in [0.25, 0.3) is 0 Å². The first kappa shape index (κ1) is 7.33. The molecule has 0 amide bonds. The van der Waals surface area contributed by atoms with Crippen molar-refractivity contribution in [2.75, 3.05) is 0 Å². The van der Waals surface area contributed by atoms with Crippen molar-refractivity contribution >= 4 is 0 Å². The fourth-order valence-corrected chi connectivity index (χ4v) is 0.420. The van der Waals surface area contributed by atoms with Gasteiger partial charge in [0.15, 0.2) is 0 Å². The van der Waals surface area contributed by atoms with Crippen LogP contribution in [0.5, 0.6) is 0 Å². The van der Waals surface area contributed by atoms with Gasteiger partial charge in [-0.15, -0.1) is 0 Å². The predicted molar refractivity (Wildman–Crippen MR) is 38.4 cm³/mol. The molecule has 2 aromatic heterocycles. The van der Waals surface area contributed by atoms with E-state index < -0.39 is 0 Å². The van der Waals surface area contributed by atoms with E-state index in [-0.39, 0.29) is 0 Å². The lowest BCUT2D eigenvalue weighted by Crippen LogP contribution is -1.66. The first-order valence-corrected chi connectivity index (χ1v) is 2.99. The maximum absolute atomic E-state index is 3.72. The summed E-state index contributed by atoms with van der Waals surface area (Å²) >= 11 is 0. The summed E-state index contributed by atoms with van der Waals surface area (Å²) in [5.74, 6) is 0. The van der Waals surface area contributed by atoms with Crippen molar-refractivity contribution < 1.29 is 0 Å². The summed E-state index contributed by atoms with van der Waals surface area (Å²) in [4.78, 5) is 11.0. The van der Waals surface area contributed by atoms with Gasteiger partial charge in [0.2, 0.25) is 0 Å². The number of nitrogens with zero attached hydrogens (tertiary/aromatic N) is 4. The molecule has 11 heavy (non-hydrogen) atoms. The van der Waals surface area contributed by atoms with E-state index in [2.05, 4.69) is 25.1 Å². The normalized spacial score (nSPS) is 8.00. The zero-order chi connectivity index (χ0) is 7.78. The molecule has 0 aromatic carbocycles. The molecule has 0 unspecified atom stereocenters. The van der Waals surface area contributed by atoms with Crippen LogP contribution in [0.25, 0.3) is 0 Å². The zero-order valence-electron chi connectivity index (χ0n) is 5.75. The standard InChI is InChI=1S/C4H4N2.C2H3N3/c1-2-6-4-3-5-1;1-3-2-5-4-1/h1-4H;1-2H,(H,3,4,5). The molecule has 0 saturated carbocycles. The maximum atomic E-state index is 3.72. The quantitative estimate of drug-likeness (QED) is 0.584. The second-order valence-corrected chi connectivity index (χ2v) is 1.55. The van der Waals surface area contributed by atoms with E-state index in [0.29, 0.717) is 0 Å². The van der Waals surface area contributed by atoms with Gasteiger partial charge in [-0.25, -0.2) is 4.98 Å². The highest BCUT2D eigenvalue weighted by molar-refractivity contribution is 4.70. The van der Waals surface area contributed by atoms with Gasteiger partial charge in [0.1, 0.15) is 12.7 Å². The third kappa shape index (κ3) is 3.74. The molecule has 0 atom stereocenters. The molecule has 5 heteroatoms. The van der Waals surface area contributed by atoms with Crippen molar-refractivity contribution in [3.05, 3.63) is 37.4 Å². The molecule has 0 aliphatic rings. The number of aromatic nitrogens is 5. The summed E-state index contributed by atoms with van der Waals surface area (Å²) in [6, 6.07) is 0. The first-order chi connectivity index (χ1) is 5.50. The number of hydrogen-bond donors (Lipinski definition) is 1. The van der Waals surface area contributed by atoms with Crippen molar-refractivity contribution in [1.82, 2.24) is 25.1 Å². The molecule has 56 valence electrons. The lowest BCUT2D eigenvalue weighted by molar-refractivity contribution is 1.09. The predicted octanol–water partition coefficient (Wildman–Crippen LogP) is 0.281. The molecule has 2 rings (SSSR count). The van der Waals surface area contributed by atoms with Crippen LogP contribution in [0.1, 0.15) is 0 Å². The van der Waals surface area contributed by atoms with E-state index in [1.807, 2.05) is 0 Å². The molecular formula is C6H7N5. The molecule has 0 radical (unpaired) electrons. The number of H-pyrrole nitrogens is 1. The largest absolute Gasteiger partial charge is 0.266 e. The van der Waals surface area contributed by atoms with Crippen molar-refractivity contribution in [2.45, 2.75) is 0 Å². The van der Waals surface area contributed by atoms with Crippen LogP contribution in [0.2, 0.25) is 0 Å². The maximum Gasteiger partial charge on any atom is 0.137 e. The Morgan fingerprint density at radius 1 is 0.818 bits per heavy atom. The summed E-state index contributed by atoms with van der Waals surface area (Å²) in [7, 11) is 0. The van der Waals surface area contributed by atoms with Crippen molar-refractivity contribution in [2.24, 2.45) is 0 Å². The molecule has 2 aromatic rings. The van der Waals surface area contributed by atoms with Gasteiger partial charge >= 0.3 is 0 Å². The Morgan fingerprint density at radius 3 is 1.64 bits per heavy atom. The number of rotatable bonds is 0. The minimum atomic E-state index is 1.44. The van der Waals surface area contributed by atoms with E-state index in [4.69, 9.17) is 0 Å². The molecular weight excluding hydrogens is 142 g/mol. The van der Waals surface area contributed by atoms with Gasteiger partial charge < -0.3 is 0 Å². The minimum absolute atomic E-state index is 1.44. The van der Waals surface area contributed by atoms with E-state index in [9.17, 15) is 0 Å². The van der Waals surface area contributed by atoms with Crippen LogP contribution < -0.4 is 0 Å². The van der Waals surface area contributed by atoms with Crippen LogP contribution in [0.3, 0.4) is 0 Å². The Hall–Kier alpha value is -1.78. The molecule has 0 aliphatic carbocycles. The van der Waals surface area contributed by atoms with Crippen LogP contribution in [-0.2, 0) is 0 Å². The van der Waals surface area contributed by atoms with Crippen LogP contribution in [0, 0.1) is 0 Å². The van der Waals surface area contributed by atoms with Crippen molar-refractivity contribution in [3.8, 4) is 0 Å². The molecule has 5 nitrogen and oxygen atoms in total. The van der Waals surface area contributed by atoms with E-state index >= 15 is 0 Å². The molecule has 0 saturated heterocycles. The van der Waals surface area contributed by atoms with Crippen LogP contribution in [0.15, 0.2) is 37.4 Å². The molecule has 0 fully saturated rings. The fourth-order valence-electron chi connectivity index (χ4n) is 0.420. The number of nitrogens with one attached hydrogen (secondary N) is 1. The summed E-state index contributed by atoms with van der Waals surface area (Å²) in [5.41, 5.74) is 0. The van der Waals surface area contributed by atoms with E-state index in [0.717, 1.165) is 0 Å². The SMILES string of the molecule is c1cnccn1.c1nc[nH]n1. The zero-order valence-corrected chi connectivity index (χ0v) is 5.75. The highest BCUT2D eigenvalue weighted by Gasteiger charge is 1.59. The minimum Gasteiger partial charge on any atom is -0.266 e. The number of hydrogen-bond acceptors (Lipinski definition) is 4. The highest BCUT2D eigenvalue weighted by Crippen LogP contribution is 1.65. The second-order valence-electron chi connectivity index (χ2n) is 1.55. The highest BCUT2D eigenvalue weighted by atomic mass is 15.2. The molecule has 1 N–H and O–H groups in total. The van der Waals surface area contributed by atoms with Gasteiger partial charge in [-0.05, 0) is 0 Å². The van der Waals surface area contributed by atoms with Crippen molar-refractivity contribution in [1.29, 1.82) is 0 Å². The van der Waals surface area contributed by atoms with Crippen LogP contribution in [0.4, 0.5) is 0 Å². The fraction of sp³-hybridized carbons (Fsp3) is 0. The third-order valence-corrected chi connectivity index (χ3v) is 0.809.